The molecule has 1 aliphatic heterocycles. The minimum absolute atomic E-state index is 0.0582. The Hall–Kier alpha value is -2.80. The van der Waals surface area contributed by atoms with Gasteiger partial charge >= 0.3 is 0 Å². The van der Waals surface area contributed by atoms with Crippen molar-refractivity contribution in [2.45, 2.75) is 25.2 Å². The SMILES string of the molecule is Cc1cccc(NC(=O)CN(C)C(=O)c2ccc3c(c2)NC(=O)CCS3)c1C. The summed E-state index contributed by atoms with van der Waals surface area (Å²) in [5, 5.41) is 5.69. The number of hydrogen-bond acceptors (Lipinski definition) is 4. The molecular weight excluding hydrogens is 374 g/mol. The summed E-state index contributed by atoms with van der Waals surface area (Å²) in [5.41, 5.74) is 3.92. The quantitative estimate of drug-likeness (QED) is 0.828. The highest BCUT2D eigenvalue weighted by Crippen LogP contribution is 2.31. The Kier molecular flexibility index (Phi) is 6.04. The summed E-state index contributed by atoms with van der Waals surface area (Å²) < 4.78 is 0. The second-order valence-corrected chi connectivity index (χ2v) is 7.95. The zero-order chi connectivity index (χ0) is 20.3. The van der Waals surface area contributed by atoms with Crippen molar-refractivity contribution in [1.82, 2.24) is 4.90 Å². The first-order valence-electron chi connectivity index (χ1n) is 9.03. The molecule has 2 N–H and O–H groups in total. The van der Waals surface area contributed by atoms with Gasteiger partial charge in [0.05, 0.1) is 12.2 Å². The molecule has 2 aromatic carbocycles. The van der Waals surface area contributed by atoms with Gasteiger partial charge in [-0.05, 0) is 49.2 Å². The molecule has 28 heavy (non-hydrogen) atoms. The molecule has 0 saturated heterocycles. The predicted molar refractivity (Wildman–Crippen MR) is 112 cm³/mol. The topological polar surface area (TPSA) is 78.5 Å². The lowest BCUT2D eigenvalue weighted by atomic mass is 10.1. The average Bonchev–Trinajstić information content (AvgIpc) is 2.84. The van der Waals surface area contributed by atoms with Crippen LogP contribution in [-0.2, 0) is 9.59 Å². The van der Waals surface area contributed by atoms with Gasteiger partial charge in [-0.2, -0.15) is 0 Å². The van der Waals surface area contributed by atoms with Gasteiger partial charge in [-0.15, -0.1) is 11.8 Å². The third kappa shape index (κ3) is 4.54. The van der Waals surface area contributed by atoms with Gasteiger partial charge in [-0.25, -0.2) is 0 Å². The molecule has 2 aromatic rings. The van der Waals surface area contributed by atoms with E-state index in [-0.39, 0.29) is 24.3 Å². The van der Waals surface area contributed by atoms with Crippen molar-refractivity contribution >= 4 is 40.9 Å². The summed E-state index contributed by atoms with van der Waals surface area (Å²) >= 11 is 1.58. The number of hydrogen-bond donors (Lipinski definition) is 2. The van der Waals surface area contributed by atoms with Gasteiger partial charge in [0, 0.05) is 35.4 Å². The van der Waals surface area contributed by atoms with Crippen LogP contribution in [0.3, 0.4) is 0 Å². The molecule has 0 fully saturated rings. The van der Waals surface area contributed by atoms with Crippen LogP contribution in [0.4, 0.5) is 11.4 Å². The average molecular weight is 398 g/mol. The van der Waals surface area contributed by atoms with Gasteiger partial charge in [0.2, 0.25) is 11.8 Å². The van der Waals surface area contributed by atoms with Crippen molar-refractivity contribution in [3.63, 3.8) is 0 Å². The molecule has 0 aliphatic carbocycles. The first-order chi connectivity index (χ1) is 13.3. The third-order valence-electron chi connectivity index (χ3n) is 4.69. The number of carbonyl (C=O) groups is 3. The molecule has 0 unspecified atom stereocenters. The van der Waals surface area contributed by atoms with Crippen LogP contribution in [-0.4, -0.2) is 42.0 Å². The van der Waals surface area contributed by atoms with Crippen LogP contribution in [0.25, 0.3) is 0 Å². The number of benzene rings is 2. The van der Waals surface area contributed by atoms with Crippen molar-refractivity contribution in [1.29, 1.82) is 0 Å². The van der Waals surface area contributed by atoms with E-state index < -0.39 is 0 Å². The van der Waals surface area contributed by atoms with Gasteiger partial charge < -0.3 is 15.5 Å². The normalized spacial score (nSPS) is 13.2. The van der Waals surface area contributed by atoms with Gasteiger partial charge in [-0.3, -0.25) is 14.4 Å². The van der Waals surface area contributed by atoms with Crippen molar-refractivity contribution in [2.24, 2.45) is 0 Å². The Bertz CT molecular complexity index is 942. The van der Waals surface area contributed by atoms with Gasteiger partial charge in [0.25, 0.3) is 5.91 Å². The van der Waals surface area contributed by atoms with Crippen LogP contribution in [0, 0.1) is 13.8 Å². The number of rotatable bonds is 4. The largest absolute Gasteiger partial charge is 0.332 e. The van der Waals surface area contributed by atoms with Crippen molar-refractivity contribution in [2.75, 3.05) is 30.0 Å². The van der Waals surface area contributed by atoms with Crippen LogP contribution < -0.4 is 10.6 Å². The van der Waals surface area contributed by atoms with E-state index in [2.05, 4.69) is 10.6 Å². The number of aryl methyl sites for hydroxylation is 1. The number of thioether (sulfide) groups is 1. The smallest absolute Gasteiger partial charge is 0.254 e. The number of nitrogens with one attached hydrogen (secondary N) is 2. The highest BCUT2D eigenvalue weighted by molar-refractivity contribution is 7.99. The third-order valence-corrected chi connectivity index (χ3v) is 5.77. The van der Waals surface area contributed by atoms with Gasteiger partial charge in [0.15, 0.2) is 0 Å². The molecule has 0 atom stereocenters. The minimum Gasteiger partial charge on any atom is -0.332 e. The molecule has 0 saturated carbocycles. The number of amides is 3. The Labute approximate surface area is 168 Å². The number of nitrogens with zero attached hydrogens (tertiary/aromatic N) is 1. The Morgan fingerprint density at radius 3 is 2.79 bits per heavy atom. The maximum absolute atomic E-state index is 12.7. The monoisotopic (exact) mass is 397 g/mol. The molecule has 0 aromatic heterocycles. The molecule has 6 nitrogen and oxygen atoms in total. The molecule has 0 radical (unpaired) electrons. The fraction of sp³-hybridized carbons (Fsp3) is 0.286. The van der Waals surface area contributed by atoms with Crippen molar-refractivity contribution < 1.29 is 14.4 Å². The molecule has 3 rings (SSSR count). The molecular formula is C21H23N3O3S. The Morgan fingerprint density at radius 2 is 2.00 bits per heavy atom. The van der Waals surface area contributed by atoms with Gasteiger partial charge in [-0.1, -0.05) is 12.1 Å². The van der Waals surface area contributed by atoms with E-state index in [4.69, 9.17) is 0 Å². The second-order valence-electron chi connectivity index (χ2n) is 6.81. The molecule has 7 heteroatoms. The maximum Gasteiger partial charge on any atom is 0.254 e. The lowest BCUT2D eigenvalue weighted by molar-refractivity contribution is -0.117. The Balaban J connectivity index is 1.68. The lowest BCUT2D eigenvalue weighted by Gasteiger charge is -2.18. The minimum atomic E-state index is -0.276. The van der Waals surface area contributed by atoms with E-state index in [1.165, 1.54) is 4.90 Å². The molecule has 0 bridgehead atoms. The molecule has 146 valence electrons. The maximum atomic E-state index is 12.7. The standard InChI is InChI=1S/C21H23N3O3S/c1-13-5-4-6-16(14(13)2)22-20(26)12-24(3)21(27)15-7-8-18-17(11-15)23-19(25)9-10-28-18/h4-8,11H,9-10,12H2,1-3H3,(H,22,26)(H,23,25). The molecule has 3 amide bonds. The zero-order valence-electron chi connectivity index (χ0n) is 16.2. The molecule has 0 spiro atoms. The van der Waals surface area contributed by atoms with Crippen LogP contribution in [0.2, 0.25) is 0 Å². The highest BCUT2D eigenvalue weighted by Gasteiger charge is 2.19. The fourth-order valence-corrected chi connectivity index (χ4v) is 3.87. The summed E-state index contributed by atoms with van der Waals surface area (Å²) in [4.78, 5) is 39.2. The lowest BCUT2D eigenvalue weighted by Crippen LogP contribution is -2.35. The van der Waals surface area contributed by atoms with Crippen LogP contribution in [0.1, 0.15) is 27.9 Å². The number of anilines is 2. The number of carbonyl (C=O) groups excluding carboxylic acids is 3. The number of fused-ring (bicyclic) bond motifs is 1. The van der Waals surface area contributed by atoms with E-state index in [0.29, 0.717) is 23.4 Å². The number of likely N-dealkylation sites (N-methyl/N-ethyl adjacent to an activating group) is 1. The van der Waals surface area contributed by atoms with Crippen LogP contribution in [0.5, 0.6) is 0 Å². The summed E-state index contributed by atoms with van der Waals surface area (Å²) in [7, 11) is 1.59. The van der Waals surface area contributed by atoms with E-state index in [0.717, 1.165) is 21.7 Å². The first-order valence-corrected chi connectivity index (χ1v) is 10.0. The molecule has 1 heterocycles. The van der Waals surface area contributed by atoms with Crippen LogP contribution >= 0.6 is 11.8 Å². The summed E-state index contributed by atoms with van der Waals surface area (Å²) in [6, 6.07) is 10.9. The summed E-state index contributed by atoms with van der Waals surface area (Å²) in [6.07, 6.45) is 0.446. The highest BCUT2D eigenvalue weighted by atomic mass is 32.2. The predicted octanol–water partition coefficient (Wildman–Crippen LogP) is 3.45. The van der Waals surface area contributed by atoms with Gasteiger partial charge in [0.1, 0.15) is 0 Å². The molecule has 1 aliphatic rings. The summed E-state index contributed by atoms with van der Waals surface area (Å²) in [6.45, 7) is 3.86. The van der Waals surface area contributed by atoms with Crippen LogP contribution in [0.15, 0.2) is 41.3 Å². The van der Waals surface area contributed by atoms with E-state index in [1.807, 2.05) is 38.1 Å². The zero-order valence-corrected chi connectivity index (χ0v) is 17.0. The first kappa shape index (κ1) is 19.9. The summed E-state index contributed by atoms with van der Waals surface area (Å²) in [5.74, 6) is 0.118. The fourth-order valence-electron chi connectivity index (χ4n) is 2.94. The van der Waals surface area contributed by atoms with E-state index >= 15 is 0 Å². The second kappa shape index (κ2) is 8.48. The van der Waals surface area contributed by atoms with E-state index in [1.54, 1.807) is 30.9 Å². The van der Waals surface area contributed by atoms with Crippen molar-refractivity contribution in [3.8, 4) is 0 Å². The van der Waals surface area contributed by atoms with E-state index in [9.17, 15) is 14.4 Å². The Morgan fingerprint density at radius 1 is 1.21 bits per heavy atom. The van der Waals surface area contributed by atoms with Crippen molar-refractivity contribution in [3.05, 3.63) is 53.1 Å².